The Labute approximate surface area is 145 Å². The van der Waals surface area contributed by atoms with E-state index in [1.165, 1.54) is 5.82 Å². The minimum Gasteiger partial charge on any atom is -0.379 e. The second-order valence-electron chi connectivity index (χ2n) is 5.61. The van der Waals surface area contributed by atoms with Crippen molar-refractivity contribution in [3.05, 3.63) is 18.2 Å². The van der Waals surface area contributed by atoms with Crippen LogP contribution in [0.5, 0.6) is 0 Å². The van der Waals surface area contributed by atoms with Gasteiger partial charge in [0, 0.05) is 65.3 Å². The summed E-state index contributed by atoms with van der Waals surface area (Å²) in [4.78, 5) is 9.60. The van der Waals surface area contributed by atoms with Crippen molar-refractivity contribution < 1.29 is 4.74 Å². The number of rotatable bonds is 4. The number of nitrogens with one attached hydrogen (secondary N) is 1. The van der Waals surface area contributed by atoms with E-state index in [9.17, 15) is 0 Å². The summed E-state index contributed by atoms with van der Waals surface area (Å²) < 4.78 is 7.55. The minimum atomic E-state index is 0. The average Bonchev–Trinajstić information content (AvgIpc) is 2.92. The van der Waals surface area contributed by atoms with Crippen LogP contribution in [0, 0.1) is 0 Å². The molecular formula is C14H27Cl2N5O. The Morgan fingerprint density at radius 1 is 1.23 bits per heavy atom. The molecule has 0 spiro atoms. The van der Waals surface area contributed by atoms with E-state index in [0.29, 0.717) is 6.04 Å². The number of nitrogens with zero attached hydrogens (tertiary/aromatic N) is 4. The zero-order chi connectivity index (χ0) is 13.8. The van der Waals surface area contributed by atoms with Gasteiger partial charge in [-0.15, -0.1) is 24.8 Å². The first-order valence-corrected chi connectivity index (χ1v) is 7.56. The first kappa shape index (κ1) is 19.7. The molecule has 1 N–H and O–H groups in total. The maximum atomic E-state index is 5.41. The third kappa shape index (κ3) is 4.81. The Balaban J connectivity index is 0.00000121. The van der Waals surface area contributed by atoms with Gasteiger partial charge < -0.3 is 14.6 Å². The van der Waals surface area contributed by atoms with Crippen LogP contribution in [0.1, 0.15) is 11.9 Å². The number of aromatic nitrogens is 2. The SMILES string of the molecule is Cl.Cl.Cn1ccnc1C1CNCCN1CCN1CCOCC1. The van der Waals surface area contributed by atoms with Crippen molar-refractivity contribution in [2.45, 2.75) is 6.04 Å². The van der Waals surface area contributed by atoms with Gasteiger partial charge in [-0.05, 0) is 0 Å². The highest BCUT2D eigenvalue weighted by atomic mass is 35.5. The summed E-state index contributed by atoms with van der Waals surface area (Å²) in [5.41, 5.74) is 0. The molecule has 128 valence electrons. The van der Waals surface area contributed by atoms with Crippen LogP contribution in [-0.4, -0.2) is 78.4 Å². The molecule has 3 rings (SSSR count). The van der Waals surface area contributed by atoms with Gasteiger partial charge in [-0.3, -0.25) is 9.80 Å². The van der Waals surface area contributed by atoms with Gasteiger partial charge in [-0.1, -0.05) is 0 Å². The number of morpholine rings is 1. The molecule has 0 aromatic carbocycles. The van der Waals surface area contributed by atoms with E-state index in [0.717, 1.165) is 59.0 Å². The number of aryl methyl sites for hydroxylation is 1. The van der Waals surface area contributed by atoms with Crippen LogP contribution < -0.4 is 5.32 Å². The minimum absolute atomic E-state index is 0. The quantitative estimate of drug-likeness (QED) is 0.857. The third-order valence-corrected chi connectivity index (χ3v) is 4.32. The molecule has 0 saturated carbocycles. The van der Waals surface area contributed by atoms with Crippen LogP contribution in [0.2, 0.25) is 0 Å². The summed E-state index contributed by atoms with van der Waals surface area (Å²) >= 11 is 0. The second kappa shape index (κ2) is 9.70. The van der Waals surface area contributed by atoms with Crippen LogP contribution in [-0.2, 0) is 11.8 Å². The molecule has 1 atom stereocenters. The van der Waals surface area contributed by atoms with Gasteiger partial charge >= 0.3 is 0 Å². The summed E-state index contributed by atoms with van der Waals surface area (Å²) in [7, 11) is 2.08. The lowest BCUT2D eigenvalue weighted by Crippen LogP contribution is -2.50. The summed E-state index contributed by atoms with van der Waals surface area (Å²) in [5.74, 6) is 1.17. The number of hydrogen-bond donors (Lipinski definition) is 1. The van der Waals surface area contributed by atoms with E-state index in [-0.39, 0.29) is 24.8 Å². The monoisotopic (exact) mass is 351 g/mol. The molecule has 22 heavy (non-hydrogen) atoms. The Kier molecular flexibility index (Phi) is 8.67. The molecular weight excluding hydrogens is 325 g/mol. The van der Waals surface area contributed by atoms with Gasteiger partial charge in [0.05, 0.1) is 19.3 Å². The van der Waals surface area contributed by atoms with Gasteiger partial charge in [0.25, 0.3) is 0 Å². The van der Waals surface area contributed by atoms with Crippen molar-refractivity contribution in [3.8, 4) is 0 Å². The molecule has 3 heterocycles. The van der Waals surface area contributed by atoms with Crippen molar-refractivity contribution in [1.82, 2.24) is 24.7 Å². The van der Waals surface area contributed by atoms with Crippen molar-refractivity contribution >= 4 is 24.8 Å². The number of ether oxygens (including phenoxy) is 1. The highest BCUT2D eigenvalue weighted by Crippen LogP contribution is 2.20. The Morgan fingerprint density at radius 3 is 2.68 bits per heavy atom. The summed E-state index contributed by atoms with van der Waals surface area (Å²) in [6, 6.07) is 0.393. The third-order valence-electron chi connectivity index (χ3n) is 4.32. The molecule has 2 saturated heterocycles. The largest absolute Gasteiger partial charge is 0.379 e. The molecule has 1 aromatic heterocycles. The van der Waals surface area contributed by atoms with Gasteiger partial charge in [-0.25, -0.2) is 4.98 Å². The molecule has 1 unspecified atom stereocenters. The first-order valence-electron chi connectivity index (χ1n) is 7.56. The van der Waals surface area contributed by atoms with Crippen molar-refractivity contribution in [3.63, 3.8) is 0 Å². The number of hydrogen-bond acceptors (Lipinski definition) is 5. The van der Waals surface area contributed by atoms with E-state index in [4.69, 9.17) is 4.74 Å². The first-order chi connectivity index (χ1) is 9.84. The van der Waals surface area contributed by atoms with Crippen molar-refractivity contribution in [2.24, 2.45) is 7.05 Å². The maximum Gasteiger partial charge on any atom is 0.127 e. The Morgan fingerprint density at radius 2 is 2.00 bits per heavy atom. The average molecular weight is 352 g/mol. The smallest absolute Gasteiger partial charge is 0.127 e. The lowest BCUT2D eigenvalue weighted by Gasteiger charge is -2.37. The maximum absolute atomic E-state index is 5.41. The number of halogens is 2. The fourth-order valence-corrected chi connectivity index (χ4v) is 3.06. The van der Waals surface area contributed by atoms with Crippen molar-refractivity contribution in [1.29, 1.82) is 0 Å². The molecule has 8 heteroatoms. The lowest BCUT2D eigenvalue weighted by molar-refractivity contribution is 0.0286. The highest BCUT2D eigenvalue weighted by Gasteiger charge is 2.26. The fraction of sp³-hybridized carbons (Fsp3) is 0.786. The summed E-state index contributed by atoms with van der Waals surface area (Å²) in [6.07, 6.45) is 3.92. The van der Waals surface area contributed by atoms with Crippen LogP contribution >= 0.6 is 24.8 Å². The molecule has 1 aromatic rings. The normalized spacial score (nSPS) is 23.6. The van der Waals surface area contributed by atoms with Crippen molar-refractivity contribution in [2.75, 3.05) is 59.0 Å². The highest BCUT2D eigenvalue weighted by molar-refractivity contribution is 5.85. The van der Waals surface area contributed by atoms with Crippen LogP contribution in [0.25, 0.3) is 0 Å². The standard InChI is InChI=1S/C14H25N5O.2ClH/c1-17-4-3-16-14(17)13-12-15-2-5-19(13)7-6-18-8-10-20-11-9-18;;/h3-4,13,15H,2,5-12H2,1H3;2*1H. The van der Waals surface area contributed by atoms with E-state index < -0.39 is 0 Å². The lowest BCUT2D eigenvalue weighted by atomic mass is 10.1. The van der Waals surface area contributed by atoms with E-state index in [1.54, 1.807) is 0 Å². The molecule has 6 nitrogen and oxygen atoms in total. The molecule has 0 bridgehead atoms. The van der Waals surface area contributed by atoms with Crippen LogP contribution in [0.3, 0.4) is 0 Å². The van der Waals surface area contributed by atoms with Crippen LogP contribution in [0.4, 0.5) is 0 Å². The Bertz CT molecular complexity index is 425. The predicted molar refractivity (Wildman–Crippen MR) is 92.1 cm³/mol. The predicted octanol–water partition coefficient (Wildman–Crippen LogP) is 0.542. The van der Waals surface area contributed by atoms with Gasteiger partial charge in [0.1, 0.15) is 5.82 Å². The topological polar surface area (TPSA) is 45.6 Å². The van der Waals surface area contributed by atoms with Gasteiger partial charge in [-0.2, -0.15) is 0 Å². The molecule has 0 radical (unpaired) electrons. The zero-order valence-electron chi connectivity index (χ0n) is 13.1. The second-order valence-corrected chi connectivity index (χ2v) is 5.61. The zero-order valence-corrected chi connectivity index (χ0v) is 14.7. The van der Waals surface area contributed by atoms with Gasteiger partial charge in [0.2, 0.25) is 0 Å². The van der Waals surface area contributed by atoms with E-state index >= 15 is 0 Å². The molecule has 0 amide bonds. The fourth-order valence-electron chi connectivity index (χ4n) is 3.06. The van der Waals surface area contributed by atoms with E-state index in [2.05, 4.69) is 31.7 Å². The molecule has 2 aliphatic rings. The number of imidazole rings is 1. The molecule has 0 aliphatic carbocycles. The van der Waals surface area contributed by atoms with Gasteiger partial charge in [0.15, 0.2) is 0 Å². The molecule has 2 aliphatic heterocycles. The Hall–Kier alpha value is -0.370. The summed E-state index contributed by atoms with van der Waals surface area (Å²) in [6.45, 7) is 9.30. The number of piperazine rings is 1. The van der Waals surface area contributed by atoms with Crippen LogP contribution in [0.15, 0.2) is 12.4 Å². The van der Waals surface area contributed by atoms with E-state index in [1.807, 2.05) is 12.4 Å². The molecule has 2 fully saturated rings. The summed E-state index contributed by atoms with van der Waals surface area (Å²) in [5, 5.41) is 3.49.